The first-order chi connectivity index (χ1) is 5.70. The molecule has 0 amide bonds. The van der Waals surface area contributed by atoms with Crippen LogP contribution in [0.15, 0.2) is 0 Å². The van der Waals surface area contributed by atoms with E-state index in [0.717, 1.165) is 11.2 Å². The van der Waals surface area contributed by atoms with Gasteiger partial charge in [-0.2, -0.15) is 11.8 Å². The first kappa shape index (κ1) is 12.3. The maximum absolute atomic E-state index is 2.38. The molecular formula is C11H24S. The molecule has 0 N–H and O–H groups in total. The standard InChI is InChI=1S/C11H24S/c1-5-7-10(2)8-6-9-11(3)12-4/h10-11H,5-9H2,1-4H3. The first-order valence-electron chi connectivity index (χ1n) is 5.23. The van der Waals surface area contributed by atoms with Gasteiger partial charge in [-0.05, 0) is 18.6 Å². The zero-order valence-corrected chi connectivity index (χ0v) is 9.91. The lowest BCUT2D eigenvalue weighted by atomic mass is 9.99. The minimum Gasteiger partial charge on any atom is -0.162 e. The van der Waals surface area contributed by atoms with Crippen LogP contribution < -0.4 is 0 Å². The van der Waals surface area contributed by atoms with Crippen LogP contribution in [0.4, 0.5) is 0 Å². The molecule has 0 heterocycles. The molecule has 0 aromatic rings. The highest BCUT2D eigenvalue weighted by Crippen LogP contribution is 2.18. The van der Waals surface area contributed by atoms with Gasteiger partial charge in [-0.25, -0.2) is 0 Å². The second-order valence-electron chi connectivity index (χ2n) is 3.87. The number of rotatable bonds is 7. The smallest absolute Gasteiger partial charge is 0.00159 e. The van der Waals surface area contributed by atoms with Crippen molar-refractivity contribution in [1.82, 2.24) is 0 Å². The Kier molecular flexibility index (Phi) is 8.20. The van der Waals surface area contributed by atoms with Crippen molar-refractivity contribution in [2.45, 2.75) is 58.1 Å². The van der Waals surface area contributed by atoms with Crippen LogP contribution in [0.5, 0.6) is 0 Å². The quantitative estimate of drug-likeness (QED) is 0.572. The SMILES string of the molecule is CCCC(C)CCCC(C)SC. The van der Waals surface area contributed by atoms with E-state index in [1.54, 1.807) is 0 Å². The molecule has 74 valence electrons. The van der Waals surface area contributed by atoms with E-state index in [4.69, 9.17) is 0 Å². The molecule has 0 aliphatic carbocycles. The van der Waals surface area contributed by atoms with Gasteiger partial charge in [-0.3, -0.25) is 0 Å². The van der Waals surface area contributed by atoms with Crippen molar-refractivity contribution in [3.8, 4) is 0 Å². The van der Waals surface area contributed by atoms with Crippen molar-refractivity contribution in [2.75, 3.05) is 6.26 Å². The fourth-order valence-corrected chi connectivity index (χ4v) is 1.91. The number of thioether (sulfide) groups is 1. The topological polar surface area (TPSA) is 0 Å². The minimum absolute atomic E-state index is 0.860. The summed E-state index contributed by atoms with van der Waals surface area (Å²) in [5.41, 5.74) is 0. The van der Waals surface area contributed by atoms with Crippen LogP contribution in [0.2, 0.25) is 0 Å². The molecular weight excluding hydrogens is 164 g/mol. The number of hydrogen-bond acceptors (Lipinski definition) is 1. The van der Waals surface area contributed by atoms with Crippen LogP contribution in [0.1, 0.15) is 52.9 Å². The normalized spacial score (nSPS) is 16.0. The van der Waals surface area contributed by atoms with Gasteiger partial charge in [0.05, 0.1) is 0 Å². The van der Waals surface area contributed by atoms with Crippen LogP contribution >= 0.6 is 11.8 Å². The molecule has 1 heteroatoms. The molecule has 0 fully saturated rings. The zero-order valence-electron chi connectivity index (χ0n) is 9.10. The molecule has 2 atom stereocenters. The van der Waals surface area contributed by atoms with Crippen LogP contribution in [-0.4, -0.2) is 11.5 Å². The summed E-state index contributed by atoms with van der Waals surface area (Å²) in [4.78, 5) is 0. The third-order valence-electron chi connectivity index (χ3n) is 2.49. The molecule has 12 heavy (non-hydrogen) atoms. The van der Waals surface area contributed by atoms with E-state index in [1.807, 2.05) is 11.8 Å². The Morgan fingerprint density at radius 3 is 2.25 bits per heavy atom. The summed E-state index contributed by atoms with van der Waals surface area (Å²) in [7, 11) is 0. The molecule has 0 radical (unpaired) electrons. The Hall–Kier alpha value is 0.350. The van der Waals surface area contributed by atoms with Crippen molar-refractivity contribution in [2.24, 2.45) is 5.92 Å². The second-order valence-corrected chi connectivity index (χ2v) is 5.15. The molecule has 0 nitrogen and oxygen atoms in total. The van der Waals surface area contributed by atoms with Crippen molar-refractivity contribution >= 4 is 11.8 Å². The predicted molar refractivity (Wildman–Crippen MR) is 60.9 cm³/mol. The number of hydrogen-bond donors (Lipinski definition) is 0. The van der Waals surface area contributed by atoms with Crippen LogP contribution in [0.25, 0.3) is 0 Å². The minimum atomic E-state index is 0.860. The highest BCUT2D eigenvalue weighted by atomic mass is 32.2. The highest BCUT2D eigenvalue weighted by Gasteiger charge is 2.02. The van der Waals surface area contributed by atoms with Gasteiger partial charge < -0.3 is 0 Å². The third kappa shape index (κ3) is 7.02. The summed E-state index contributed by atoms with van der Waals surface area (Å²) < 4.78 is 0. The van der Waals surface area contributed by atoms with E-state index >= 15 is 0 Å². The van der Waals surface area contributed by atoms with Gasteiger partial charge in [-0.15, -0.1) is 0 Å². The van der Waals surface area contributed by atoms with Crippen molar-refractivity contribution in [3.63, 3.8) is 0 Å². The van der Waals surface area contributed by atoms with E-state index in [1.165, 1.54) is 32.1 Å². The lowest BCUT2D eigenvalue weighted by molar-refractivity contribution is 0.461. The largest absolute Gasteiger partial charge is 0.162 e. The Labute approximate surface area is 82.5 Å². The molecule has 0 aliphatic rings. The summed E-state index contributed by atoms with van der Waals surface area (Å²) in [6, 6.07) is 0. The molecule has 0 aliphatic heterocycles. The zero-order chi connectivity index (χ0) is 9.40. The Morgan fingerprint density at radius 1 is 1.08 bits per heavy atom. The van der Waals surface area contributed by atoms with Crippen LogP contribution in [-0.2, 0) is 0 Å². The summed E-state index contributed by atoms with van der Waals surface area (Å²) >= 11 is 1.99. The lowest BCUT2D eigenvalue weighted by Crippen LogP contribution is -1.98. The summed E-state index contributed by atoms with van der Waals surface area (Å²) in [6.45, 7) is 6.99. The monoisotopic (exact) mass is 188 g/mol. The highest BCUT2D eigenvalue weighted by molar-refractivity contribution is 7.99. The Bertz CT molecular complexity index is 91.0. The van der Waals surface area contributed by atoms with Crippen molar-refractivity contribution < 1.29 is 0 Å². The van der Waals surface area contributed by atoms with E-state index in [-0.39, 0.29) is 0 Å². The van der Waals surface area contributed by atoms with Crippen molar-refractivity contribution in [3.05, 3.63) is 0 Å². The van der Waals surface area contributed by atoms with E-state index in [9.17, 15) is 0 Å². The maximum Gasteiger partial charge on any atom is 0.00159 e. The van der Waals surface area contributed by atoms with E-state index in [2.05, 4.69) is 27.0 Å². The third-order valence-corrected chi connectivity index (χ3v) is 3.53. The summed E-state index contributed by atoms with van der Waals surface area (Å²) in [5, 5.41) is 0.860. The molecule has 0 rings (SSSR count). The fourth-order valence-electron chi connectivity index (χ4n) is 1.51. The van der Waals surface area contributed by atoms with E-state index in [0.29, 0.717) is 0 Å². The molecule has 0 spiro atoms. The Balaban J connectivity index is 3.18. The summed E-state index contributed by atoms with van der Waals surface area (Å²) in [6.07, 6.45) is 9.21. The van der Waals surface area contributed by atoms with Crippen LogP contribution in [0.3, 0.4) is 0 Å². The average Bonchev–Trinajstić information content (AvgIpc) is 2.04. The van der Waals surface area contributed by atoms with Gasteiger partial charge in [-0.1, -0.05) is 46.5 Å². The van der Waals surface area contributed by atoms with Gasteiger partial charge >= 0.3 is 0 Å². The second kappa shape index (κ2) is 7.97. The van der Waals surface area contributed by atoms with Gasteiger partial charge in [0.1, 0.15) is 0 Å². The van der Waals surface area contributed by atoms with E-state index < -0.39 is 0 Å². The fraction of sp³-hybridized carbons (Fsp3) is 1.00. The first-order valence-corrected chi connectivity index (χ1v) is 6.52. The maximum atomic E-state index is 2.38. The van der Waals surface area contributed by atoms with Gasteiger partial charge in [0, 0.05) is 5.25 Å². The molecule has 0 aromatic heterocycles. The molecule has 0 aromatic carbocycles. The predicted octanol–water partition coefficient (Wildman–Crippen LogP) is 4.34. The molecule has 2 unspecified atom stereocenters. The summed E-state index contributed by atoms with van der Waals surface area (Å²) in [5.74, 6) is 0.948. The average molecular weight is 188 g/mol. The van der Waals surface area contributed by atoms with Gasteiger partial charge in [0.2, 0.25) is 0 Å². The molecule has 0 saturated carbocycles. The molecule has 0 bridgehead atoms. The molecule has 0 saturated heterocycles. The van der Waals surface area contributed by atoms with Gasteiger partial charge in [0.25, 0.3) is 0 Å². The van der Waals surface area contributed by atoms with Gasteiger partial charge in [0.15, 0.2) is 0 Å². The van der Waals surface area contributed by atoms with Crippen LogP contribution in [0, 0.1) is 5.92 Å². The Morgan fingerprint density at radius 2 is 1.75 bits per heavy atom. The lowest BCUT2D eigenvalue weighted by Gasteiger charge is -2.11. The van der Waals surface area contributed by atoms with Crippen molar-refractivity contribution in [1.29, 1.82) is 0 Å².